The molecule has 1 N–H and O–H groups in total. The summed E-state index contributed by atoms with van der Waals surface area (Å²) in [5.74, 6) is 0.682. The number of likely N-dealkylation sites (tertiary alicyclic amines) is 1. The highest BCUT2D eigenvalue weighted by atomic mass is 16.2. The van der Waals surface area contributed by atoms with Crippen molar-refractivity contribution in [3.05, 3.63) is 12.2 Å². The van der Waals surface area contributed by atoms with Gasteiger partial charge in [0.25, 0.3) is 0 Å². The molecule has 2 nitrogen and oxygen atoms in total. The molecule has 1 fully saturated rings. The number of hydrogen-bond acceptors (Lipinski definition) is 2. The minimum atomic E-state index is 0.183. The SMILES string of the molecule is CCN1CCC(/C=C\CO)C1. The molecular formula is C9H17NO. The molecule has 0 bridgehead atoms. The first kappa shape index (κ1) is 8.75. The van der Waals surface area contributed by atoms with Crippen molar-refractivity contribution < 1.29 is 5.11 Å². The van der Waals surface area contributed by atoms with Gasteiger partial charge in [0.1, 0.15) is 0 Å². The van der Waals surface area contributed by atoms with Crippen molar-refractivity contribution >= 4 is 0 Å². The van der Waals surface area contributed by atoms with Crippen LogP contribution in [0.1, 0.15) is 13.3 Å². The van der Waals surface area contributed by atoms with Crippen molar-refractivity contribution in [3.8, 4) is 0 Å². The van der Waals surface area contributed by atoms with Crippen molar-refractivity contribution in [2.75, 3.05) is 26.2 Å². The molecule has 0 aromatic heterocycles. The zero-order valence-electron chi connectivity index (χ0n) is 7.16. The molecule has 1 unspecified atom stereocenters. The number of aliphatic hydroxyl groups is 1. The molecule has 0 aromatic carbocycles. The van der Waals surface area contributed by atoms with Crippen LogP contribution in [-0.4, -0.2) is 36.2 Å². The molecule has 1 atom stereocenters. The molecule has 11 heavy (non-hydrogen) atoms. The Morgan fingerprint density at radius 3 is 3.00 bits per heavy atom. The van der Waals surface area contributed by atoms with E-state index in [2.05, 4.69) is 17.9 Å². The maximum absolute atomic E-state index is 8.55. The second-order valence-corrected chi connectivity index (χ2v) is 3.05. The van der Waals surface area contributed by atoms with E-state index in [-0.39, 0.29) is 6.61 Å². The van der Waals surface area contributed by atoms with Crippen LogP contribution in [0.4, 0.5) is 0 Å². The third kappa shape index (κ3) is 2.64. The highest BCUT2D eigenvalue weighted by Gasteiger charge is 2.17. The number of nitrogens with zero attached hydrogens (tertiary/aromatic N) is 1. The minimum Gasteiger partial charge on any atom is -0.392 e. The fourth-order valence-electron chi connectivity index (χ4n) is 1.56. The number of aliphatic hydroxyl groups excluding tert-OH is 1. The summed E-state index contributed by atoms with van der Waals surface area (Å²) in [7, 11) is 0. The molecule has 0 amide bonds. The van der Waals surface area contributed by atoms with Gasteiger partial charge in [-0.1, -0.05) is 19.1 Å². The summed E-state index contributed by atoms with van der Waals surface area (Å²) in [4.78, 5) is 2.44. The summed E-state index contributed by atoms with van der Waals surface area (Å²) < 4.78 is 0. The van der Waals surface area contributed by atoms with E-state index < -0.39 is 0 Å². The standard InChI is InChI=1S/C9H17NO/c1-2-10-6-5-9(8-10)4-3-7-11/h3-4,9,11H,2,5-8H2,1H3/b4-3-. The normalized spacial score (nSPS) is 26.9. The zero-order chi connectivity index (χ0) is 8.10. The van der Waals surface area contributed by atoms with Crippen LogP contribution in [0.25, 0.3) is 0 Å². The summed E-state index contributed by atoms with van der Waals surface area (Å²) in [5.41, 5.74) is 0. The lowest BCUT2D eigenvalue weighted by molar-refractivity contribution is 0.339. The molecule has 0 spiro atoms. The molecule has 1 rings (SSSR count). The third-order valence-electron chi connectivity index (χ3n) is 2.27. The monoisotopic (exact) mass is 155 g/mol. The Bertz CT molecular complexity index is 134. The minimum absolute atomic E-state index is 0.183. The lowest BCUT2D eigenvalue weighted by Crippen LogP contribution is -2.19. The third-order valence-corrected chi connectivity index (χ3v) is 2.27. The van der Waals surface area contributed by atoms with Gasteiger partial charge in [-0.3, -0.25) is 0 Å². The molecular weight excluding hydrogens is 138 g/mol. The predicted molar refractivity (Wildman–Crippen MR) is 46.4 cm³/mol. The zero-order valence-corrected chi connectivity index (χ0v) is 7.16. The first-order valence-corrected chi connectivity index (χ1v) is 4.36. The second kappa shape index (κ2) is 4.52. The van der Waals surface area contributed by atoms with E-state index in [1.165, 1.54) is 19.5 Å². The molecule has 0 aromatic rings. The molecule has 1 heterocycles. The summed E-state index contributed by atoms with van der Waals surface area (Å²) in [6.07, 6.45) is 5.24. The van der Waals surface area contributed by atoms with Gasteiger partial charge in [0.05, 0.1) is 6.61 Å². The smallest absolute Gasteiger partial charge is 0.0612 e. The van der Waals surface area contributed by atoms with E-state index in [1.807, 2.05) is 6.08 Å². The Morgan fingerprint density at radius 1 is 1.64 bits per heavy atom. The Labute approximate surface area is 68.5 Å². The molecule has 2 heteroatoms. The van der Waals surface area contributed by atoms with E-state index in [9.17, 15) is 0 Å². The molecule has 1 aliphatic heterocycles. The Kier molecular flexibility index (Phi) is 3.60. The Morgan fingerprint density at radius 2 is 2.45 bits per heavy atom. The van der Waals surface area contributed by atoms with E-state index in [1.54, 1.807) is 0 Å². The fourth-order valence-corrected chi connectivity index (χ4v) is 1.56. The van der Waals surface area contributed by atoms with Crippen molar-refractivity contribution in [2.45, 2.75) is 13.3 Å². The van der Waals surface area contributed by atoms with Gasteiger partial charge >= 0.3 is 0 Å². The molecule has 0 saturated carbocycles. The largest absolute Gasteiger partial charge is 0.392 e. The second-order valence-electron chi connectivity index (χ2n) is 3.05. The lowest BCUT2D eigenvalue weighted by Gasteiger charge is -2.10. The molecule has 1 saturated heterocycles. The average molecular weight is 155 g/mol. The quantitative estimate of drug-likeness (QED) is 0.611. The van der Waals surface area contributed by atoms with E-state index >= 15 is 0 Å². The van der Waals surface area contributed by atoms with Crippen LogP contribution in [0.15, 0.2) is 12.2 Å². The van der Waals surface area contributed by atoms with Crippen LogP contribution in [0, 0.1) is 5.92 Å². The van der Waals surface area contributed by atoms with Gasteiger partial charge in [-0.05, 0) is 25.4 Å². The van der Waals surface area contributed by atoms with Gasteiger partial charge in [-0.2, -0.15) is 0 Å². The van der Waals surface area contributed by atoms with Gasteiger partial charge in [-0.25, -0.2) is 0 Å². The molecule has 1 aliphatic rings. The number of hydrogen-bond donors (Lipinski definition) is 1. The van der Waals surface area contributed by atoms with Crippen LogP contribution in [0.2, 0.25) is 0 Å². The molecule has 0 radical (unpaired) electrons. The van der Waals surface area contributed by atoms with E-state index in [0.29, 0.717) is 5.92 Å². The van der Waals surface area contributed by atoms with Gasteiger partial charge in [0.2, 0.25) is 0 Å². The first-order chi connectivity index (χ1) is 5.36. The van der Waals surface area contributed by atoms with E-state index in [4.69, 9.17) is 5.11 Å². The van der Waals surface area contributed by atoms with Gasteiger partial charge in [0, 0.05) is 6.54 Å². The van der Waals surface area contributed by atoms with Crippen molar-refractivity contribution in [1.82, 2.24) is 4.90 Å². The summed E-state index contributed by atoms with van der Waals surface area (Å²) in [6, 6.07) is 0. The number of rotatable bonds is 3. The average Bonchev–Trinajstić information content (AvgIpc) is 2.48. The van der Waals surface area contributed by atoms with Crippen molar-refractivity contribution in [1.29, 1.82) is 0 Å². The van der Waals surface area contributed by atoms with Crippen LogP contribution in [-0.2, 0) is 0 Å². The van der Waals surface area contributed by atoms with E-state index in [0.717, 1.165) is 6.54 Å². The first-order valence-electron chi connectivity index (χ1n) is 4.36. The van der Waals surface area contributed by atoms with Gasteiger partial charge in [-0.15, -0.1) is 0 Å². The molecule has 0 aliphatic carbocycles. The summed E-state index contributed by atoms with van der Waals surface area (Å²) in [6.45, 7) is 5.92. The van der Waals surface area contributed by atoms with Crippen LogP contribution < -0.4 is 0 Å². The Hall–Kier alpha value is -0.340. The Balaban J connectivity index is 2.24. The van der Waals surface area contributed by atoms with Gasteiger partial charge in [0.15, 0.2) is 0 Å². The molecule has 64 valence electrons. The maximum Gasteiger partial charge on any atom is 0.0612 e. The van der Waals surface area contributed by atoms with Crippen LogP contribution >= 0.6 is 0 Å². The van der Waals surface area contributed by atoms with Crippen LogP contribution in [0.5, 0.6) is 0 Å². The maximum atomic E-state index is 8.55. The van der Waals surface area contributed by atoms with Crippen molar-refractivity contribution in [2.24, 2.45) is 5.92 Å². The fraction of sp³-hybridized carbons (Fsp3) is 0.778. The highest BCUT2D eigenvalue weighted by Crippen LogP contribution is 2.16. The topological polar surface area (TPSA) is 23.5 Å². The van der Waals surface area contributed by atoms with Gasteiger partial charge < -0.3 is 10.0 Å². The predicted octanol–water partition coefficient (Wildman–Crippen LogP) is 0.877. The highest BCUT2D eigenvalue weighted by molar-refractivity contribution is 4.93. The summed E-state index contributed by atoms with van der Waals surface area (Å²) >= 11 is 0. The van der Waals surface area contributed by atoms with Crippen LogP contribution in [0.3, 0.4) is 0 Å². The summed E-state index contributed by atoms with van der Waals surface area (Å²) in [5, 5.41) is 8.55. The lowest BCUT2D eigenvalue weighted by atomic mass is 10.1. The van der Waals surface area contributed by atoms with Crippen molar-refractivity contribution in [3.63, 3.8) is 0 Å².